The Bertz CT molecular complexity index is 598. The number of aromatic nitrogens is 2. The summed E-state index contributed by atoms with van der Waals surface area (Å²) in [7, 11) is 0. The minimum Gasteiger partial charge on any atom is -0.372 e. The van der Waals surface area contributed by atoms with Crippen LogP contribution >= 0.6 is 23.3 Å². The van der Waals surface area contributed by atoms with Crippen molar-refractivity contribution in [3.63, 3.8) is 0 Å². The summed E-state index contributed by atoms with van der Waals surface area (Å²) in [5, 5.41) is 15.6. The molecule has 0 saturated carbocycles. The first-order valence-electron chi connectivity index (χ1n) is 4.91. The third-order valence-corrected chi connectivity index (χ3v) is 3.20. The summed E-state index contributed by atoms with van der Waals surface area (Å²) in [6.45, 7) is 0.325. The fourth-order valence-corrected chi connectivity index (χ4v) is 2.31. The number of benzene rings is 1. The number of halogens is 1. The molecule has 1 aliphatic rings. The smallest absolute Gasteiger partial charge is 0.198 e. The number of fused-ring (bicyclic) bond motifs is 1. The summed E-state index contributed by atoms with van der Waals surface area (Å²) >= 11 is 7.23. The van der Waals surface area contributed by atoms with Gasteiger partial charge < -0.3 is 15.7 Å². The molecule has 88 valence electrons. The predicted octanol–water partition coefficient (Wildman–Crippen LogP) is 1.03. The summed E-state index contributed by atoms with van der Waals surface area (Å²) in [4.78, 5) is 4.09. The number of aliphatic hydroxyl groups excluding tert-OH is 1. The molecule has 3 N–H and O–H groups in total. The first-order valence-corrected chi connectivity index (χ1v) is 6.02. The van der Waals surface area contributed by atoms with E-state index in [4.69, 9.17) is 11.6 Å². The minimum absolute atomic E-state index is 0.325. The van der Waals surface area contributed by atoms with Gasteiger partial charge in [0.2, 0.25) is 0 Å². The SMILES string of the molecule is O[C@H]1CN=C(Nc2c(Cl)ccc3nsnc23)N1. The fourth-order valence-electron chi connectivity index (χ4n) is 1.57. The van der Waals surface area contributed by atoms with Gasteiger partial charge in [-0.15, -0.1) is 0 Å². The van der Waals surface area contributed by atoms with Crippen LogP contribution < -0.4 is 10.6 Å². The topological polar surface area (TPSA) is 82.4 Å². The van der Waals surface area contributed by atoms with E-state index >= 15 is 0 Å². The van der Waals surface area contributed by atoms with Crippen LogP contribution in [-0.2, 0) is 0 Å². The van der Waals surface area contributed by atoms with Crippen LogP contribution in [0.3, 0.4) is 0 Å². The van der Waals surface area contributed by atoms with Gasteiger partial charge in [0, 0.05) is 0 Å². The van der Waals surface area contributed by atoms with Gasteiger partial charge in [-0.25, -0.2) is 4.99 Å². The van der Waals surface area contributed by atoms with E-state index in [0.717, 1.165) is 17.2 Å². The first-order chi connectivity index (χ1) is 8.24. The van der Waals surface area contributed by atoms with Gasteiger partial charge in [0.15, 0.2) is 5.96 Å². The fraction of sp³-hybridized carbons (Fsp3) is 0.222. The lowest BCUT2D eigenvalue weighted by molar-refractivity contribution is 0.179. The minimum atomic E-state index is -0.649. The molecule has 17 heavy (non-hydrogen) atoms. The number of anilines is 1. The monoisotopic (exact) mass is 269 g/mol. The molecule has 8 heteroatoms. The predicted molar refractivity (Wildman–Crippen MR) is 67.5 cm³/mol. The second-order valence-corrected chi connectivity index (χ2v) is 4.46. The molecule has 0 unspecified atom stereocenters. The molecule has 0 fully saturated rings. The number of nitrogens with zero attached hydrogens (tertiary/aromatic N) is 3. The molecule has 0 spiro atoms. The van der Waals surface area contributed by atoms with Crippen LogP contribution in [0.15, 0.2) is 17.1 Å². The lowest BCUT2D eigenvalue weighted by Gasteiger charge is -2.09. The molecular formula is C9H8ClN5OS. The molecule has 1 aliphatic heterocycles. The molecular weight excluding hydrogens is 262 g/mol. The van der Waals surface area contributed by atoms with Crippen LogP contribution in [0.1, 0.15) is 0 Å². The average Bonchev–Trinajstić information content (AvgIpc) is 2.91. The lowest BCUT2D eigenvalue weighted by Crippen LogP contribution is -2.34. The van der Waals surface area contributed by atoms with E-state index in [1.165, 1.54) is 0 Å². The Hall–Kier alpha value is -1.44. The number of hydrogen-bond donors (Lipinski definition) is 3. The second-order valence-electron chi connectivity index (χ2n) is 3.53. The molecule has 2 heterocycles. The van der Waals surface area contributed by atoms with Gasteiger partial charge in [-0.3, -0.25) is 0 Å². The van der Waals surface area contributed by atoms with Crippen molar-refractivity contribution >= 4 is 46.0 Å². The van der Waals surface area contributed by atoms with E-state index in [2.05, 4.69) is 24.4 Å². The maximum Gasteiger partial charge on any atom is 0.198 e. The maximum absolute atomic E-state index is 9.30. The summed E-state index contributed by atoms with van der Waals surface area (Å²) in [6.07, 6.45) is -0.649. The molecule has 0 bridgehead atoms. The largest absolute Gasteiger partial charge is 0.372 e. The van der Waals surface area contributed by atoms with E-state index in [9.17, 15) is 5.11 Å². The Balaban J connectivity index is 1.99. The number of rotatable bonds is 1. The summed E-state index contributed by atoms with van der Waals surface area (Å²) in [6, 6.07) is 3.56. The normalized spacial score (nSPS) is 19.2. The molecule has 1 aromatic carbocycles. The third-order valence-electron chi connectivity index (χ3n) is 2.35. The highest BCUT2D eigenvalue weighted by Gasteiger charge is 2.17. The second kappa shape index (κ2) is 4.10. The quantitative estimate of drug-likeness (QED) is 0.720. The zero-order chi connectivity index (χ0) is 11.8. The van der Waals surface area contributed by atoms with E-state index in [-0.39, 0.29) is 0 Å². The number of nitrogens with one attached hydrogen (secondary N) is 2. The lowest BCUT2D eigenvalue weighted by atomic mass is 10.2. The Kier molecular flexibility index (Phi) is 2.58. The summed E-state index contributed by atoms with van der Waals surface area (Å²) in [5.41, 5.74) is 2.13. The van der Waals surface area contributed by atoms with Gasteiger partial charge in [-0.2, -0.15) is 8.75 Å². The van der Waals surface area contributed by atoms with Gasteiger partial charge >= 0.3 is 0 Å². The molecule has 0 radical (unpaired) electrons. The van der Waals surface area contributed by atoms with Crippen molar-refractivity contribution in [2.75, 3.05) is 11.9 Å². The zero-order valence-corrected chi connectivity index (χ0v) is 10.1. The standard InChI is InChI=1S/C9H8ClN5OS/c10-4-1-2-5-8(15-17-14-5)7(4)13-9-11-3-6(16)12-9/h1-2,6,16H,3H2,(H2,11,12,13)/t6-/m0/s1. The number of guanidine groups is 1. The third kappa shape index (κ3) is 1.92. The van der Waals surface area contributed by atoms with Gasteiger partial charge in [0.1, 0.15) is 17.3 Å². The van der Waals surface area contributed by atoms with Gasteiger partial charge in [-0.05, 0) is 12.1 Å². The molecule has 0 saturated heterocycles. The Morgan fingerprint density at radius 1 is 1.47 bits per heavy atom. The molecule has 0 aliphatic carbocycles. The van der Waals surface area contributed by atoms with E-state index in [1.807, 2.05) is 6.07 Å². The molecule has 3 rings (SSSR count). The van der Waals surface area contributed by atoms with Crippen LogP contribution in [0, 0.1) is 0 Å². The van der Waals surface area contributed by atoms with Crippen LogP contribution in [0.25, 0.3) is 11.0 Å². The Morgan fingerprint density at radius 2 is 2.35 bits per heavy atom. The van der Waals surface area contributed by atoms with E-state index in [0.29, 0.717) is 28.7 Å². The Labute approximate surface area is 106 Å². The maximum atomic E-state index is 9.30. The van der Waals surface area contributed by atoms with Crippen molar-refractivity contribution in [3.8, 4) is 0 Å². The zero-order valence-electron chi connectivity index (χ0n) is 8.51. The van der Waals surface area contributed by atoms with Crippen molar-refractivity contribution in [3.05, 3.63) is 17.2 Å². The summed E-state index contributed by atoms with van der Waals surface area (Å²) in [5.74, 6) is 0.486. The molecule has 1 aromatic heterocycles. The average molecular weight is 270 g/mol. The van der Waals surface area contributed by atoms with E-state index < -0.39 is 6.23 Å². The molecule has 1 atom stereocenters. The van der Waals surface area contributed by atoms with E-state index in [1.54, 1.807) is 6.07 Å². The summed E-state index contributed by atoms with van der Waals surface area (Å²) < 4.78 is 8.31. The molecule has 0 amide bonds. The van der Waals surface area contributed by atoms with Crippen molar-refractivity contribution in [1.29, 1.82) is 0 Å². The Morgan fingerprint density at radius 3 is 3.12 bits per heavy atom. The van der Waals surface area contributed by atoms with Crippen molar-refractivity contribution in [1.82, 2.24) is 14.1 Å². The van der Waals surface area contributed by atoms with Gasteiger partial charge in [-0.1, -0.05) is 11.6 Å². The highest BCUT2D eigenvalue weighted by Crippen LogP contribution is 2.29. The van der Waals surface area contributed by atoms with Crippen molar-refractivity contribution in [2.24, 2.45) is 4.99 Å². The highest BCUT2D eigenvalue weighted by atomic mass is 35.5. The van der Waals surface area contributed by atoms with Gasteiger partial charge in [0.05, 0.1) is 29.0 Å². The van der Waals surface area contributed by atoms with Crippen LogP contribution in [0.2, 0.25) is 5.02 Å². The van der Waals surface area contributed by atoms with Gasteiger partial charge in [0.25, 0.3) is 0 Å². The van der Waals surface area contributed by atoms with Crippen LogP contribution in [-0.4, -0.2) is 32.6 Å². The molecule has 6 nitrogen and oxygen atoms in total. The van der Waals surface area contributed by atoms with Crippen molar-refractivity contribution in [2.45, 2.75) is 6.23 Å². The van der Waals surface area contributed by atoms with Crippen LogP contribution in [0.5, 0.6) is 0 Å². The number of aliphatic imine (C=N–C) groups is 1. The number of hydrogen-bond acceptors (Lipinski definition) is 7. The number of aliphatic hydroxyl groups is 1. The first kappa shape index (κ1) is 10.7. The molecule has 2 aromatic rings. The van der Waals surface area contributed by atoms with Crippen LogP contribution in [0.4, 0.5) is 5.69 Å². The highest BCUT2D eigenvalue weighted by molar-refractivity contribution is 7.00. The van der Waals surface area contributed by atoms with Crippen molar-refractivity contribution < 1.29 is 5.11 Å².